The van der Waals surface area contributed by atoms with Crippen molar-refractivity contribution >= 4 is 0 Å². The average Bonchev–Trinajstić information content (AvgIpc) is 2.27. The van der Waals surface area contributed by atoms with Gasteiger partial charge in [0.1, 0.15) is 0 Å². The van der Waals surface area contributed by atoms with Crippen molar-refractivity contribution in [3.63, 3.8) is 0 Å². The molecule has 2 bridgehead atoms. The highest BCUT2D eigenvalue weighted by Crippen LogP contribution is 2.64. The maximum Gasteiger partial charge on any atom is 0.0662 e. The molecule has 4 rings (SSSR count). The Morgan fingerprint density at radius 3 is 2.87 bits per heavy atom. The van der Waals surface area contributed by atoms with Gasteiger partial charge in [-0.25, -0.2) is 0 Å². The van der Waals surface area contributed by atoms with E-state index in [4.69, 9.17) is 0 Å². The Hall–Kier alpha value is -0.770. The van der Waals surface area contributed by atoms with Gasteiger partial charge in [-0.1, -0.05) is 25.5 Å². The molecule has 1 heteroatoms. The summed E-state index contributed by atoms with van der Waals surface area (Å²) >= 11 is 0. The van der Waals surface area contributed by atoms with Gasteiger partial charge in [0, 0.05) is 0 Å². The summed E-state index contributed by atoms with van der Waals surface area (Å²) in [4.78, 5) is 0. The molecule has 3 fully saturated rings. The Morgan fingerprint density at radius 1 is 1.40 bits per heavy atom. The molecule has 0 N–H and O–H groups in total. The third-order valence-corrected chi connectivity index (χ3v) is 5.35. The third-order valence-electron chi connectivity index (χ3n) is 5.35. The maximum absolute atomic E-state index is 9.18. The van der Waals surface area contributed by atoms with Crippen LogP contribution in [0.4, 0.5) is 0 Å². The van der Waals surface area contributed by atoms with E-state index in [9.17, 15) is 5.26 Å². The minimum Gasteiger partial charge on any atom is -0.198 e. The van der Waals surface area contributed by atoms with Crippen LogP contribution in [0.2, 0.25) is 0 Å². The van der Waals surface area contributed by atoms with Crippen molar-refractivity contribution in [1.82, 2.24) is 0 Å². The molecule has 0 aromatic carbocycles. The number of nitrogens with zero attached hydrogens (tertiary/aromatic N) is 1. The smallest absolute Gasteiger partial charge is 0.0662 e. The van der Waals surface area contributed by atoms with Gasteiger partial charge in [-0.2, -0.15) is 5.26 Å². The lowest BCUT2D eigenvalue weighted by Crippen LogP contribution is -2.53. The first-order valence-electron chi connectivity index (χ1n) is 6.24. The van der Waals surface area contributed by atoms with E-state index in [1.807, 2.05) is 0 Å². The number of rotatable bonds is 0. The molecule has 0 aromatic heterocycles. The van der Waals surface area contributed by atoms with Gasteiger partial charge in [0.05, 0.1) is 12.0 Å². The van der Waals surface area contributed by atoms with Gasteiger partial charge in [0.15, 0.2) is 0 Å². The van der Waals surface area contributed by atoms with Crippen LogP contribution in [-0.4, -0.2) is 0 Å². The fraction of sp³-hybridized carbons (Fsp3) is 0.786. The second kappa shape index (κ2) is 2.88. The summed E-state index contributed by atoms with van der Waals surface area (Å²) in [7, 11) is 0. The highest BCUT2D eigenvalue weighted by molar-refractivity contribution is 5.28. The maximum atomic E-state index is 9.18. The van der Waals surface area contributed by atoms with Crippen LogP contribution in [0.25, 0.3) is 0 Å². The Morgan fingerprint density at radius 2 is 2.20 bits per heavy atom. The zero-order valence-electron chi connectivity index (χ0n) is 9.66. The Bertz CT molecular complexity index is 358. The van der Waals surface area contributed by atoms with Crippen LogP contribution >= 0.6 is 0 Å². The number of allylic oxidation sites excluding steroid dienone is 2. The summed E-state index contributed by atoms with van der Waals surface area (Å²) in [6.45, 7) is 4.83. The summed E-state index contributed by atoms with van der Waals surface area (Å²) in [6, 6.07) is 2.53. The van der Waals surface area contributed by atoms with E-state index in [1.165, 1.54) is 12.8 Å². The summed E-state index contributed by atoms with van der Waals surface area (Å²) in [5.74, 6) is 2.64. The lowest BCUT2D eigenvalue weighted by molar-refractivity contribution is -0.0560. The van der Waals surface area contributed by atoms with Gasteiger partial charge in [-0.15, -0.1) is 0 Å². The van der Waals surface area contributed by atoms with Crippen molar-refractivity contribution in [3.05, 3.63) is 11.6 Å². The minimum atomic E-state index is 0.325. The van der Waals surface area contributed by atoms with Gasteiger partial charge >= 0.3 is 0 Å². The summed E-state index contributed by atoms with van der Waals surface area (Å²) in [6.07, 6.45) is 7.38. The fourth-order valence-electron chi connectivity index (χ4n) is 4.16. The summed E-state index contributed by atoms with van der Waals surface area (Å²) < 4.78 is 0. The molecular formula is C14H19N. The SMILES string of the molecule is CC1(C)[C@@H]2C[C@@H]3C(=CCC[C@H]3C#N)[C@@H]1C2. The Kier molecular flexibility index (Phi) is 1.81. The number of hydrogen-bond acceptors (Lipinski definition) is 1. The number of nitriles is 1. The molecule has 3 saturated carbocycles. The molecule has 1 nitrogen and oxygen atoms in total. The summed E-state index contributed by atoms with van der Waals surface area (Å²) in [5.41, 5.74) is 2.18. The van der Waals surface area contributed by atoms with Crippen LogP contribution in [0.5, 0.6) is 0 Å². The minimum absolute atomic E-state index is 0.325. The highest BCUT2D eigenvalue weighted by Gasteiger charge is 2.56. The predicted molar refractivity (Wildman–Crippen MR) is 59.9 cm³/mol. The second-order valence-electron chi connectivity index (χ2n) is 6.17. The molecule has 0 aromatic rings. The van der Waals surface area contributed by atoms with Crippen LogP contribution < -0.4 is 0 Å². The Balaban J connectivity index is 1.94. The van der Waals surface area contributed by atoms with Crippen molar-refractivity contribution in [1.29, 1.82) is 5.26 Å². The normalized spacial score (nSPS) is 45.8. The monoisotopic (exact) mass is 201 g/mol. The number of hydrogen-bond donors (Lipinski definition) is 0. The molecule has 80 valence electrons. The van der Waals surface area contributed by atoms with E-state index in [1.54, 1.807) is 5.57 Å². The topological polar surface area (TPSA) is 23.8 Å². The van der Waals surface area contributed by atoms with E-state index in [0.717, 1.165) is 24.7 Å². The first-order valence-corrected chi connectivity index (χ1v) is 6.24. The van der Waals surface area contributed by atoms with Crippen LogP contribution in [0.1, 0.15) is 39.5 Å². The highest BCUT2D eigenvalue weighted by atomic mass is 14.6. The molecule has 4 aliphatic rings. The van der Waals surface area contributed by atoms with Crippen molar-refractivity contribution in [2.75, 3.05) is 0 Å². The lowest BCUT2D eigenvalue weighted by atomic mass is 9.43. The van der Waals surface area contributed by atoms with Crippen LogP contribution in [0.15, 0.2) is 11.6 Å². The molecule has 4 aliphatic carbocycles. The van der Waals surface area contributed by atoms with Crippen LogP contribution in [0, 0.1) is 40.4 Å². The van der Waals surface area contributed by atoms with E-state index in [2.05, 4.69) is 26.0 Å². The Labute approximate surface area is 92.2 Å². The van der Waals surface area contributed by atoms with Crippen molar-refractivity contribution in [2.45, 2.75) is 39.5 Å². The predicted octanol–water partition coefficient (Wildman–Crippen LogP) is 3.53. The molecule has 0 saturated heterocycles. The van der Waals surface area contributed by atoms with Gasteiger partial charge in [-0.05, 0) is 48.9 Å². The van der Waals surface area contributed by atoms with E-state index in [0.29, 0.717) is 17.3 Å². The lowest BCUT2D eigenvalue weighted by Gasteiger charge is -2.61. The van der Waals surface area contributed by atoms with Crippen molar-refractivity contribution < 1.29 is 0 Å². The molecule has 15 heavy (non-hydrogen) atoms. The first-order chi connectivity index (χ1) is 7.14. The van der Waals surface area contributed by atoms with Crippen molar-refractivity contribution in [3.8, 4) is 6.07 Å². The molecule has 0 spiro atoms. The molecule has 0 heterocycles. The standard InChI is InChI=1S/C14H19N/c1-14(2)10-6-12-9(8-15)4-3-5-11(12)13(14)7-10/h5,9-10,12-13H,3-4,6-7H2,1-2H3/t9-,10+,12-,13-/m0/s1. The third kappa shape index (κ3) is 1.08. The summed E-state index contributed by atoms with van der Waals surface area (Å²) in [5, 5.41) is 9.18. The quantitative estimate of drug-likeness (QED) is 0.550. The molecule has 4 atom stereocenters. The first kappa shape index (κ1) is 9.46. The molecule has 0 aliphatic heterocycles. The molecule has 0 amide bonds. The zero-order valence-corrected chi connectivity index (χ0v) is 9.66. The largest absolute Gasteiger partial charge is 0.198 e. The van der Waals surface area contributed by atoms with Gasteiger partial charge in [0.25, 0.3) is 0 Å². The van der Waals surface area contributed by atoms with Crippen molar-refractivity contribution in [2.24, 2.45) is 29.1 Å². The molecular weight excluding hydrogens is 182 g/mol. The van der Waals surface area contributed by atoms with E-state index >= 15 is 0 Å². The van der Waals surface area contributed by atoms with E-state index in [-0.39, 0.29) is 0 Å². The average molecular weight is 201 g/mol. The van der Waals surface area contributed by atoms with Gasteiger partial charge in [-0.3, -0.25) is 0 Å². The van der Waals surface area contributed by atoms with Crippen LogP contribution in [0.3, 0.4) is 0 Å². The molecule has 0 radical (unpaired) electrons. The fourth-order valence-corrected chi connectivity index (χ4v) is 4.16. The van der Waals surface area contributed by atoms with Crippen LogP contribution in [-0.2, 0) is 0 Å². The molecule has 0 unspecified atom stereocenters. The van der Waals surface area contributed by atoms with Gasteiger partial charge < -0.3 is 0 Å². The zero-order chi connectivity index (χ0) is 10.6. The van der Waals surface area contributed by atoms with Gasteiger partial charge in [0.2, 0.25) is 0 Å². The second-order valence-corrected chi connectivity index (χ2v) is 6.17. The van der Waals surface area contributed by atoms with E-state index < -0.39 is 0 Å².